The Morgan fingerprint density at radius 2 is 1.78 bits per heavy atom. The van der Waals surface area contributed by atoms with Gasteiger partial charge in [-0.15, -0.1) is 0 Å². The number of halogens is 1. The molecule has 1 aromatic heterocycles. The maximum absolute atomic E-state index is 13.1. The molecule has 0 aliphatic heterocycles. The van der Waals surface area contributed by atoms with Crippen LogP contribution in [-0.2, 0) is 5.75 Å². The van der Waals surface area contributed by atoms with Crippen molar-refractivity contribution in [3.8, 4) is 17.4 Å². The maximum atomic E-state index is 13.1. The molecule has 0 aliphatic carbocycles. The van der Waals surface area contributed by atoms with Gasteiger partial charge >= 0.3 is 0 Å². The van der Waals surface area contributed by atoms with Gasteiger partial charge in [-0.1, -0.05) is 37.7 Å². The summed E-state index contributed by atoms with van der Waals surface area (Å²) < 4.78 is 24.1. The van der Waals surface area contributed by atoms with Crippen LogP contribution < -0.4 is 9.47 Å². The Morgan fingerprint density at radius 3 is 2.48 bits per heavy atom. The monoisotopic (exact) mass is 384 g/mol. The van der Waals surface area contributed by atoms with Crippen molar-refractivity contribution < 1.29 is 13.9 Å². The van der Waals surface area contributed by atoms with Crippen molar-refractivity contribution >= 4 is 11.8 Å². The number of ether oxygens (including phenoxy) is 2. The van der Waals surface area contributed by atoms with E-state index in [0.29, 0.717) is 16.8 Å². The molecular weight excluding hydrogens is 363 g/mol. The Kier molecular flexibility index (Phi) is 6.29. The number of benzene rings is 2. The Morgan fingerprint density at radius 1 is 1.00 bits per heavy atom. The fourth-order valence-electron chi connectivity index (χ4n) is 2.37. The van der Waals surface area contributed by atoms with Gasteiger partial charge in [0.15, 0.2) is 5.16 Å². The fourth-order valence-corrected chi connectivity index (χ4v) is 3.17. The van der Waals surface area contributed by atoms with Crippen molar-refractivity contribution in [3.63, 3.8) is 0 Å². The van der Waals surface area contributed by atoms with Crippen LogP contribution in [0.4, 0.5) is 4.39 Å². The van der Waals surface area contributed by atoms with Crippen LogP contribution in [-0.4, -0.2) is 17.1 Å². The lowest BCUT2D eigenvalue weighted by Gasteiger charge is -2.11. The highest BCUT2D eigenvalue weighted by atomic mass is 32.2. The number of thioether (sulfide) groups is 1. The molecule has 3 rings (SSSR count). The summed E-state index contributed by atoms with van der Waals surface area (Å²) in [4.78, 5) is 9.12. The van der Waals surface area contributed by atoms with Crippen molar-refractivity contribution in [1.29, 1.82) is 0 Å². The van der Waals surface area contributed by atoms with Gasteiger partial charge in [0.05, 0.1) is 12.8 Å². The lowest BCUT2D eigenvalue weighted by Crippen LogP contribution is -2.00. The Balaban J connectivity index is 1.79. The Bertz CT molecular complexity index is 901. The predicted molar refractivity (Wildman–Crippen MR) is 105 cm³/mol. The van der Waals surface area contributed by atoms with Crippen LogP contribution in [0.1, 0.15) is 31.0 Å². The summed E-state index contributed by atoms with van der Waals surface area (Å²) in [5, 5.41) is 0.640. The molecule has 0 N–H and O–H groups in total. The molecular formula is C21H21FN2O2S. The zero-order valence-electron chi connectivity index (χ0n) is 15.5. The summed E-state index contributed by atoms with van der Waals surface area (Å²) in [6, 6.07) is 15.6. The first-order valence-corrected chi connectivity index (χ1v) is 9.60. The zero-order chi connectivity index (χ0) is 19.2. The standard InChI is InChI=1S/C21H21FN2O2S/c1-14(2)19-12-20(26-17-9-7-16(22)8-10-17)24-21(23-19)27-13-15-5-4-6-18(11-15)25-3/h4-12,14H,13H2,1-3H3. The number of hydrogen-bond acceptors (Lipinski definition) is 5. The molecule has 0 atom stereocenters. The zero-order valence-corrected chi connectivity index (χ0v) is 16.3. The number of nitrogens with zero attached hydrogens (tertiary/aromatic N) is 2. The van der Waals surface area contributed by atoms with E-state index in [0.717, 1.165) is 22.8 Å². The highest BCUT2D eigenvalue weighted by molar-refractivity contribution is 7.98. The Labute approximate surface area is 162 Å². The average Bonchev–Trinajstić information content (AvgIpc) is 2.68. The number of methoxy groups -OCH3 is 1. The molecule has 0 amide bonds. The van der Waals surface area contributed by atoms with Gasteiger partial charge in [-0.25, -0.2) is 9.37 Å². The van der Waals surface area contributed by atoms with Gasteiger partial charge < -0.3 is 9.47 Å². The first-order valence-electron chi connectivity index (χ1n) is 8.61. The SMILES string of the molecule is COc1cccc(CSc2nc(Oc3ccc(F)cc3)cc(C(C)C)n2)c1. The van der Waals surface area contributed by atoms with Crippen LogP contribution in [0, 0.1) is 5.82 Å². The second-order valence-corrected chi connectivity index (χ2v) is 7.21. The molecule has 2 aromatic carbocycles. The lowest BCUT2D eigenvalue weighted by molar-refractivity contribution is 0.414. The van der Waals surface area contributed by atoms with E-state index in [1.807, 2.05) is 30.3 Å². The molecule has 0 aliphatic rings. The number of hydrogen-bond donors (Lipinski definition) is 0. The first kappa shape index (κ1) is 19.2. The summed E-state index contributed by atoms with van der Waals surface area (Å²) >= 11 is 1.53. The van der Waals surface area contributed by atoms with Gasteiger partial charge in [0.2, 0.25) is 5.88 Å². The summed E-state index contributed by atoms with van der Waals surface area (Å²) in [5.41, 5.74) is 2.02. The molecule has 140 valence electrons. The van der Waals surface area contributed by atoms with Gasteiger partial charge in [0.1, 0.15) is 17.3 Å². The molecule has 0 unspecified atom stereocenters. The molecule has 0 saturated carbocycles. The molecule has 0 spiro atoms. The van der Waals surface area contributed by atoms with E-state index in [-0.39, 0.29) is 11.7 Å². The quantitative estimate of drug-likeness (QED) is 0.379. The van der Waals surface area contributed by atoms with Gasteiger partial charge in [0.25, 0.3) is 0 Å². The van der Waals surface area contributed by atoms with E-state index in [9.17, 15) is 4.39 Å². The van der Waals surface area contributed by atoms with Gasteiger partial charge in [-0.3, -0.25) is 0 Å². The predicted octanol–water partition coefficient (Wildman–Crippen LogP) is 5.83. The van der Waals surface area contributed by atoms with E-state index < -0.39 is 0 Å². The summed E-state index contributed by atoms with van der Waals surface area (Å²) in [5.74, 6) is 2.46. The van der Waals surface area contributed by atoms with E-state index in [1.54, 1.807) is 19.2 Å². The van der Waals surface area contributed by atoms with Gasteiger partial charge in [-0.2, -0.15) is 4.98 Å². The van der Waals surface area contributed by atoms with Crippen LogP contribution in [0.25, 0.3) is 0 Å². The van der Waals surface area contributed by atoms with E-state index >= 15 is 0 Å². The van der Waals surface area contributed by atoms with Crippen molar-refractivity contribution in [2.24, 2.45) is 0 Å². The normalized spacial score (nSPS) is 10.9. The molecule has 0 saturated heterocycles. The molecule has 4 nitrogen and oxygen atoms in total. The van der Waals surface area contributed by atoms with E-state index in [1.165, 1.54) is 23.9 Å². The molecule has 0 fully saturated rings. The molecule has 3 aromatic rings. The van der Waals surface area contributed by atoms with Crippen molar-refractivity contribution in [3.05, 3.63) is 71.7 Å². The molecule has 0 bridgehead atoms. The lowest BCUT2D eigenvalue weighted by atomic mass is 10.1. The van der Waals surface area contributed by atoms with E-state index in [4.69, 9.17) is 9.47 Å². The van der Waals surface area contributed by atoms with Crippen molar-refractivity contribution in [2.75, 3.05) is 7.11 Å². The minimum Gasteiger partial charge on any atom is -0.497 e. The fraction of sp³-hybridized carbons (Fsp3) is 0.238. The summed E-state index contributed by atoms with van der Waals surface area (Å²) in [6.45, 7) is 4.14. The highest BCUT2D eigenvalue weighted by Crippen LogP contribution is 2.28. The second kappa shape index (κ2) is 8.86. The van der Waals surface area contributed by atoms with Crippen LogP contribution in [0.5, 0.6) is 17.4 Å². The van der Waals surface area contributed by atoms with Crippen LogP contribution in [0.2, 0.25) is 0 Å². The largest absolute Gasteiger partial charge is 0.497 e. The second-order valence-electron chi connectivity index (χ2n) is 6.26. The van der Waals surface area contributed by atoms with Crippen molar-refractivity contribution in [2.45, 2.75) is 30.7 Å². The first-order chi connectivity index (χ1) is 13.0. The van der Waals surface area contributed by atoms with Gasteiger partial charge in [-0.05, 0) is 47.9 Å². The number of aromatic nitrogens is 2. The third-order valence-corrected chi connectivity index (χ3v) is 4.75. The maximum Gasteiger partial charge on any atom is 0.223 e. The smallest absolute Gasteiger partial charge is 0.223 e. The minimum absolute atomic E-state index is 0.236. The third kappa shape index (κ3) is 5.44. The third-order valence-electron chi connectivity index (χ3n) is 3.83. The van der Waals surface area contributed by atoms with E-state index in [2.05, 4.69) is 23.8 Å². The van der Waals surface area contributed by atoms with Crippen molar-refractivity contribution in [1.82, 2.24) is 9.97 Å². The Hall–Kier alpha value is -2.60. The molecule has 1 heterocycles. The topological polar surface area (TPSA) is 44.2 Å². The number of rotatable bonds is 7. The van der Waals surface area contributed by atoms with Crippen LogP contribution in [0.3, 0.4) is 0 Å². The van der Waals surface area contributed by atoms with Crippen LogP contribution in [0.15, 0.2) is 59.8 Å². The minimum atomic E-state index is -0.303. The van der Waals surface area contributed by atoms with Crippen LogP contribution >= 0.6 is 11.8 Å². The summed E-state index contributed by atoms with van der Waals surface area (Å²) in [7, 11) is 1.65. The molecule has 6 heteroatoms. The summed E-state index contributed by atoms with van der Waals surface area (Å²) in [6.07, 6.45) is 0. The molecule has 0 radical (unpaired) electrons. The highest BCUT2D eigenvalue weighted by Gasteiger charge is 2.11. The molecule has 27 heavy (non-hydrogen) atoms. The average molecular weight is 384 g/mol. The van der Waals surface area contributed by atoms with Gasteiger partial charge in [0, 0.05) is 11.8 Å².